The van der Waals surface area contributed by atoms with Gasteiger partial charge in [0, 0.05) is 32.4 Å². The van der Waals surface area contributed by atoms with E-state index in [0.717, 1.165) is 19.3 Å². The van der Waals surface area contributed by atoms with Crippen molar-refractivity contribution < 1.29 is 9.90 Å². The van der Waals surface area contributed by atoms with E-state index in [2.05, 4.69) is 24.3 Å². The number of likely N-dealkylation sites (N-methyl/N-ethyl adjacent to an activating group) is 1. The quantitative estimate of drug-likeness (QED) is 0.610. The number of benzene rings is 1. The Balaban J connectivity index is 1.91. The summed E-state index contributed by atoms with van der Waals surface area (Å²) in [5.74, 6) is 0.388. The lowest BCUT2D eigenvalue weighted by Gasteiger charge is -2.32. The van der Waals surface area contributed by atoms with Crippen LogP contribution in [-0.2, 0) is 11.2 Å². The van der Waals surface area contributed by atoms with Crippen molar-refractivity contribution in [3.8, 4) is 6.07 Å². The SMILES string of the molecule is CCN(/C=C(/C#N)C(=O)N1CCC(Cc2ccccc2)CC1)CCO. The average molecular weight is 341 g/mol. The van der Waals surface area contributed by atoms with Crippen LogP contribution in [0.5, 0.6) is 0 Å². The molecule has 1 aromatic carbocycles. The van der Waals surface area contributed by atoms with Gasteiger partial charge in [0.15, 0.2) is 0 Å². The Bertz CT molecular complexity index is 614. The minimum atomic E-state index is -0.197. The summed E-state index contributed by atoms with van der Waals surface area (Å²) in [6, 6.07) is 12.5. The molecule has 5 heteroatoms. The molecule has 0 bridgehead atoms. The Kier molecular flexibility index (Phi) is 7.49. The maximum atomic E-state index is 12.6. The highest BCUT2D eigenvalue weighted by Crippen LogP contribution is 2.22. The molecule has 0 aliphatic carbocycles. The number of hydrogen-bond acceptors (Lipinski definition) is 4. The van der Waals surface area contributed by atoms with Gasteiger partial charge < -0.3 is 14.9 Å². The molecule has 0 saturated carbocycles. The molecular weight excluding hydrogens is 314 g/mol. The summed E-state index contributed by atoms with van der Waals surface area (Å²) < 4.78 is 0. The number of hydrogen-bond donors (Lipinski definition) is 1. The van der Waals surface area contributed by atoms with E-state index >= 15 is 0 Å². The van der Waals surface area contributed by atoms with Crippen molar-refractivity contribution >= 4 is 5.91 Å². The van der Waals surface area contributed by atoms with E-state index in [1.54, 1.807) is 16.0 Å². The second-order valence-electron chi connectivity index (χ2n) is 6.43. The summed E-state index contributed by atoms with van der Waals surface area (Å²) in [6.45, 7) is 4.40. The number of amides is 1. The normalized spacial score (nSPS) is 15.7. The van der Waals surface area contributed by atoms with E-state index in [0.29, 0.717) is 32.1 Å². The highest BCUT2D eigenvalue weighted by atomic mass is 16.3. The minimum absolute atomic E-state index is 0.00210. The van der Waals surface area contributed by atoms with Gasteiger partial charge in [0.05, 0.1) is 6.61 Å². The molecule has 0 spiro atoms. The van der Waals surface area contributed by atoms with Gasteiger partial charge in [-0.1, -0.05) is 30.3 Å². The summed E-state index contributed by atoms with van der Waals surface area (Å²) in [7, 11) is 0. The molecule has 1 amide bonds. The monoisotopic (exact) mass is 341 g/mol. The topological polar surface area (TPSA) is 67.6 Å². The molecule has 0 atom stereocenters. The second kappa shape index (κ2) is 9.85. The van der Waals surface area contributed by atoms with E-state index < -0.39 is 0 Å². The molecule has 25 heavy (non-hydrogen) atoms. The highest BCUT2D eigenvalue weighted by Gasteiger charge is 2.25. The fraction of sp³-hybridized carbons (Fsp3) is 0.500. The van der Waals surface area contributed by atoms with Crippen molar-refractivity contribution in [2.24, 2.45) is 5.92 Å². The third-order valence-electron chi connectivity index (χ3n) is 4.72. The number of likely N-dealkylation sites (tertiary alicyclic amines) is 1. The first-order valence-electron chi connectivity index (χ1n) is 8.98. The molecule has 1 aliphatic heterocycles. The first-order chi connectivity index (χ1) is 12.2. The van der Waals surface area contributed by atoms with Gasteiger partial charge in [0.2, 0.25) is 0 Å². The number of carbonyl (C=O) groups excluding carboxylic acids is 1. The fourth-order valence-electron chi connectivity index (χ4n) is 3.21. The van der Waals surface area contributed by atoms with Crippen molar-refractivity contribution in [1.29, 1.82) is 5.26 Å². The summed E-state index contributed by atoms with van der Waals surface area (Å²) in [4.78, 5) is 16.2. The fourth-order valence-corrected chi connectivity index (χ4v) is 3.21. The molecule has 1 aromatic rings. The lowest BCUT2D eigenvalue weighted by atomic mass is 9.90. The van der Waals surface area contributed by atoms with Crippen LogP contribution in [0.1, 0.15) is 25.3 Å². The van der Waals surface area contributed by atoms with Gasteiger partial charge in [0.25, 0.3) is 5.91 Å². The van der Waals surface area contributed by atoms with E-state index in [4.69, 9.17) is 5.11 Å². The van der Waals surface area contributed by atoms with Gasteiger partial charge >= 0.3 is 0 Å². The molecule has 1 aliphatic rings. The van der Waals surface area contributed by atoms with E-state index in [9.17, 15) is 10.1 Å². The van der Waals surface area contributed by atoms with Crippen molar-refractivity contribution in [1.82, 2.24) is 9.80 Å². The zero-order valence-electron chi connectivity index (χ0n) is 14.9. The Hall–Kier alpha value is -2.32. The molecule has 0 unspecified atom stereocenters. The molecule has 5 nitrogen and oxygen atoms in total. The van der Waals surface area contributed by atoms with E-state index in [1.165, 1.54) is 5.56 Å². The maximum Gasteiger partial charge on any atom is 0.266 e. The largest absolute Gasteiger partial charge is 0.395 e. The van der Waals surface area contributed by atoms with Crippen molar-refractivity contribution in [2.75, 3.05) is 32.8 Å². The van der Waals surface area contributed by atoms with Crippen LogP contribution < -0.4 is 0 Å². The van der Waals surface area contributed by atoms with Gasteiger partial charge in [-0.15, -0.1) is 0 Å². The minimum Gasteiger partial charge on any atom is -0.395 e. The Labute approximate surface area is 150 Å². The van der Waals surface area contributed by atoms with Crippen molar-refractivity contribution in [3.63, 3.8) is 0 Å². The van der Waals surface area contributed by atoms with Crippen LogP contribution in [0.3, 0.4) is 0 Å². The summed E-state index contributed by atoms with van der Waals surface area (Å²) in [5, 5.41) is 18.4. The van der Waals surface area contributed by atoms with Crippen LogP contribution >= 0.6 is 0 Å². The standard InChI is InChI=1S/C20H27N3O2/c1-2-22(12-13-24)16-19(15-21)20(25)23-10-8-18(9-11-23)14-17-6-4-3-5-7-17/h3-7,16,18,24H,2,8-14H2,1H3/b19-16-. The van der Waals surface area contributed by atoms with Crippen LogP contribution in [0.25, 0.3) is 0 Å². The predicted octanol–water partition coefficient (Wildman–Crippen LogP) is 2.19. The van der Waals surface area contributed by atoms with Gasteiger partial charge in [-0.3, -0.25) is 4.79 Å². The predicted molar refractivity (Wildman–Crippen MR) is 97.5 cm³/mol. The molecule has 1 fully saturated rings. The molecule has 1 heterocycles. The number of aliphatic hydroxyl groups is 1. The first kappa shape index (κ1) is 19.0. The van der Waals surface area contributed by atoms with Crippen LogP contribution in [0.2, 0.25) is 0 Å². The van der Waals surface area contributed by atoms with Crippen LogP contribution in [-0.4, -0.2) is 53.6 Å². The molecule has 0 aromatic heterocycles. The molecule has 1 saturated heterocycles. The molecule has 2 rings (SSSR count). The number of aliphatic hydroxyl groups excluding tert-OH is 1. The van der Waals surface area contributed by atoms with E-state index in [1.807, 2.05) is 19.1 Å². The summed E-state index contributed by atoms with van der Waals surface area (Å²) >= 11 is 0. The lowest BCUT2D eigenvalue weighted by molar-refractivity contribution is -0.128. The second-order valence-corrected chi connectivity index (χ2v) is 6.43. The Morgan fingerprint density at radius 3 is 2.60 bits per heavy atom. The number of piperidine rings is 1. The third-order valence-corrected chi connectivity index (χ3v) is 4.72. The van der Waals surface area contributed by atoms with Gasteiger partial charge in [-0.2, -0.15) is 5.26 Å². The number of carbonyl (C=O) groups is 1. The van der Waals surface area contributed by atoms with Gasteiger partial charge in [-0.05, 0) is 37.7 Å². The lowest BCUT2D eigenvalue weighted by Crippen LogP contribution is -2.40. The number of nitriles is 1. The average Bonchev–Trinajstić information content (AvgIpc) is 2.66. The highest BCUT2D eigenvalue weighted by molar-refractivity contribution is 5.97. The van der Waals surface area contributed by atoms with E-state index in [-0.39, 0.29) is 18.1 Å². The Morgan fingerprint density at radius 1 is 1.36 bits per heavy atom. The zero-order valence-corrected chi connectivity index (χ0v) is 14.9. The van der Waals surface area contributed by atoms with Crippen molar-refractivity contribution in [3.05, 3.63) is 47.7 Å². The summed E-state index contributed by atoms with van der Waals surface area (Å²) in [6.07, 6.45) is 4.56. The number of nitrogens with zero attached hydrogens (tertiary/aromatic N) is 3. The zero-order chi connectivity index (χ0) is 18.1. The van der Waals surface area contributed by atoms with Crippen molar-refractivity contribution in [2.45, 2.75) is 26.2 Å². The van der Waals surface area contributed by atoms with Crippen LogP contribution in [0.15, 0.2) is 42.1 Å². The number of rotatable bonds is 7. The third kappa shape index (κ3) is 5.61. The first-order valence-corrected chi connectivity index (χ1v) is 8.98. The molecule has 134 valence electrons. The van der Waals surface area contributed by atoms with Gasteiger partial charge in [-0.25, -0.2) is 0 Å². The smallest absolute Gasteiger partial charge is 0.266 e. The summed E-state index contributed by atoms with van der Waals surface area (Å²) in [5.41, 5.74) is 1.49. The van der Waals surface area contributed by atoms with Crippen LogP contribution in [0, 0.1) is 17.2 Å². The van der Waals surface area contributed by atoms with Crippen LogP contribution in [0.4, 0.5) is 0 Å². The Morgan fingerprint density at radius 2 is 2.04 bits per heavy atom. The molecule has 1 N–H and O–H groups in total. The molecule has 0 radical (unpaired) electrons. The van der Waals surface area contributed by atoms with Gasteiger partial charge in [0.1, 0.15) is 11.6 Å². The maximum absolute atomic E-state index is 12.6. The molecular formula is C20H27N3O2.